The van der Waals surface area contributed by atoms with Gasteiger partial charge in [0.05, 0.1) is 0 Å². The van der Waals surface area contributed by atoms with E-state index < -0.39 is 11.6 Å². The van der Waals surface area contributed by atoms with Gasteiger partial charge in [-0.05, 0) is 56.2 Å². The Labute approximate surface area is 108 Å². The van der Waals surface area contributed by atoms with Crippen molar-refractivity contribution in [1.82, 2.24) is 5.32 Å². The summed E-state index contributed by atoms with van der Waals surface area (Å²) in [7, 11) is 0. The summed E-state index contributed by atoms with van der Waals surface area (Å²) in [5.41, 5.74) is 0.813. The number of halogens is 2. The molecule has 0 amide bonds. The first-order valence-corrected chi connectivity index (χ1v) is 6.77. The average molecular weight is 253 g/mol. The third-order valence-corrected chi connectivity index (χ3v) is 3.95. The first kappa shape index (κ1) is 13.5. The summed E-state index contributed by atoms with van der Waals surface area (Å²) in [4.78, 5) is 0. The minimum Gasteiger partial charge on any atom is -0.307 e. The van der Waals surface area contributed by atoms with Gasteiger partial charge in [-0.1, -0.05) is 13.0 Å². The molecule has 2 rings (SSSR count). The number of benzene rings is 1. The second-order valence-electron chi connectivity index (χ2n) is 5.52. The van der Waals surface area contributed by atoms with Crippen molar-refractivity contribution in [2.24, 2.45) is 5.92 Å². The van der Waals surface area contributed by atoms with Crippen molar-refractivity contribution in [1.29, 1.82) is 0 Å². The van der Waals surface area contributed by atoms with Crippen molar-refractivity contribution < 1.29 is 8.78 Å². The Morgan fingerprint density at radius 2 is 1.78 bits per heavy atom. The van der Waals surface area contributed by atoms with Gasteiger partial charge in [-0.3, -0.25) is 0 Å². The van der Waals surface area contributed by atoms with Crippen LogP contribution in [0.15, 0.2) is 18.2 Å². The molecule has 0 radical (unpaired) electrons. The summed E-state index contributed by atoms with van der Waals surface area (Å²) in [6, 6.07) is 4.72. The SMILES string of the molecule is CC1CCC(NC(C)c2ccc(F)c(F)c2)CC1. The molecular weight excluding hydrogens is 232 g/mol. The lowest BCUT2D eigenvalue weighted by molar-refractivity contribution is 0.291. The van der Waals surface area contributed by atoms with E-state index in [2.05, 4.69) is 12.2 Å². The molecule has 0 saturated heterocycles. The zero-order valence-electron chi connectivity index (χ0n) is 11.0. The molecule has 1 aromatic rings. The van der Waals surface area contributed by atoms with Gasteiger partial charge in [0.1, 0.15) is 0 Å². The molecule has 0 bridgehead atoms. The molecule has 0 aromatic heterocycles. The van der Waals surface area contributed by atoms with Crippen LogP contribution in [-0.4, -0.2) is 6.04 Å². The molecular formula is C15H21F2N. The van der Waals surface area contributed by atoms with E-state index in [1.54, 1.807) is 6.07 Å². The van der Waals surface area contributed by atoms with Gasteiger partial charge >= 0.3 is 0 Å². The van der Waals surface area contributed by atoms with Gasteiger partial charge in [0, 0.05) is 12.1 Å². The van der Waals surface area contributed by atoms with Gasteiger partial charge in [-0.25, -0.2) is 8.78 Å². The molecule has 0 spiro atoms. The van der Waals surface area contributed by atoms with E-state index >= 15 is 0 Å². The van der Waals surface area contributed by atoms with Gasteiger partial charge in [0.15, 0.2) is 11.6 Å². The van der Waals surface area contributed by atoms with Crippen LogP contribution in [0.2, 0.25) is 0 Å². The predicted molar refractivity (Wildman–Crippen MR) is 69.3 cm³/mol. The van der Waals surface area contributed by atoms with Crippen molar-refractivity contribution >= 4 is 0 Å². The van der Waals surface area contributed by atoms with E-state index in [9.17, 15) is 8.78 Å². The molecule has 3 heteroatoms. The van der Waals surface area contributed by atoms with Crippen molar-refractivity contribution in [2.75, 3.05) is 0 Å². The number of hydrogen-bond acceptors (Lipinski definition) is 1. The lowest BCUT2D eigenvalue weighted by Gasteiger charge is -2.29. The lowest BCUT2D eigenvalue weighted by Crippen LogP contribution is -2.34. The Hall–Kier alpha value is -0.960. The van der Waals surface area contributed by atoms with Gasteiger partial charge in [-0.2, -0.15) is 0 Å². The highest BCUT2D eigenvalue weighted by Crippen LogP contribution is 2.26. The fraction of sp³-hybridized carbons (Fsp3) is 0.600. The van der Waals surface area contributed by atoms with Crippen LogP contribution in [0.4, 0.5) is 8.78 Å². The minimum atomic E-state index is -0.780. The largest absolute Gasteiger partial charge is 0.307 e. The highest BCUT2D eigenvalue weighted by atomic mass is 19.2. The molecule has 1 unspecified atom stereocenters. The first-order chi connectivity index (χ1) is 8.56. The maximum atomic E-state index is 13.2. The molecule has 1 saturated carbocycles. The summed E-state index contributed by atoms with van der Waals surface area (Å²) < 4.78 is 26.0. The van der Waals surface area contributed by atoms with Gasteiger partial charge in [0.25, 0.3) is 0 Å². The molecule has 1 aromatic carbocycles. The van der Waals surface area contributed by atoms with Crippen molar-refractivity contribution in [3.05, 3.63) is 35.4 Å². The third-order valence-electron chi connectivity index (χ3n) is 3.95. The van der Waals surface area contributed by atoms with Crippen LogP contribution in [0.25, 0.3) is 0 Å². The number of nitrogens with one attached hydrogen (secondary N) is 1. The molecule has 1 aliphatic rings. The highest BCUT2D eigenvalue weighted by Gasteiger charge is 2.20. The number of hydrogen-bond donors (Lipinski definition) is 1. The molecule has 1 nitrogen and oxygen atoms in total. The first-order valence-electron chi connectivity index (χ1n) is 6.77. The molecule has 1 fully saturated rings. The van der Waals surface area contributed by atoms with Crippen LogP contribution in [0.1, 0.15) is 51.1 Å². The third kappa shape index (κ3) is 3.29. The zero-order valence-corrected chi connectivity index (χ0v) is 11.0. The Kier molecular flexibility index (Phi) is 4.33. The monoisotopic (exact) mass is 253 g/mol. The normalized spacial score (nSPS) is 26.0. The fourth-order valence-corrected chi connectivity index (χ4v) is 2.66. The molecule has 100 valence electrons. The highest BCUT2D eigenvalue weighted by molar-refractivity contribution is 5.20. The van der Waals surface area contributed by atoms with Crippen molar-refractivity contribution in [3.63, 3.8) is 0 Å². The van der Waals surface area contributed by atoms with Crippen LogP contribution >= 0.6 is 0 Å². The van der Waals surface area contributed by atoms with E-state index in [0.717, 1.165) is 11.5 Å². The summed E-state index contributed by atoms with van der Waals surface area (Å²) in [5.74, 6) is -0.725. The standard InChI is InChI=1S/C15H21F2N/c1-10-3-6-13(7-4-10)18-11(2)12-5-8-14(16)15(17)9-12/h5,8-11,13,18H,3-4,6-7H2,1-2H3. The van der Waals surface area contributed by atoms with Crippen molar-refractivity contribution in [3.8, 4) is 0 Å². The summed E-state index contributed by atoms with van der Waals surface area (Å²) >= 11 is 0. The second-order valence-corrected chi connectivity index (χ2v) is 5.52. The van der Waals surface area contributed by atoms with Crippen LogP contribution in [0.5, 0.6) is 0 Å². The minimum absolute atomic E-state index is 0.0681. The maximum absolute atomic E-state index is 13.2. The average Bonchev–Trinajstić information content (AvgIpc) is 2.35. The van der Waals surface area contributed by atoms with Crippen molar-refractivity contribution in [2.45, 2.75) is 51.6 Å². The smallest absolute Gasteiger partial charge is 0.159 e. The Balaban J connectivity index is 1.94. The zero-order chi connectivity index (χ0) is 13.1. The predicted octanol–water partition coefficient (Wildman–Crippen LogP) is 4.19. The quantitative estimate of drug-likeness (QED) is 0.851. The summed E-state index contributed by atoms with van der Waals surface area (Å²) in [6.07, 6.45) is 4.86. The molecule has 0 heterocycles. The van der Waals surface area contributed by atoms with Crippen LogP contribution in [-0.2, 0) is 0 Å². The maximum Gasteiger partial charge on any atom is 0.159 e. The molecule has 18 heavy (non-hydrogen) atoms. The van der Waals surface area contributed by atoms with E-state index in [1.807, 2.05) is 6.92 Å². The molecule has 1 N–H and O–H groups in total. The lowest BCUT2D eigenvalue weighted by atomic mass is 9.87. The van der Waals surface area contributed by atoms with Gasteiger partial charge < -0.3 is 5.32 Å². The van der Waals surface area contributed by atoms with E-state index in [4.69, 9.17) is 0 Å². The Morgan fingerprint density at radius 1 is 1.11 bits per heavy atom. The summed E-state index contributed by atoms with van der Waals surface area (Å²) in [6.45, 7) is 4.29. The van der Waals surface area contributed by atoms with E-state index in [0.29, 0.717) is 6.04 Å². The van der Waals surface area contributed by atoms with Gasteiger partial charge in [-0.15, -0.1) is 0 Å². The van der Waals surface area contributed by atoms with E-state index in [-0.39, 0.29) is 6.04 Å². The van der Waals surface area contributed by atoms with Crippen LogP contribution in [0.3, 0.4) is 0 Å². The topological polar surface area (TPSA) is 12.0 Å². The Morgan fingerprint density at radius 3 is 2.39 bits per heavy atom. The molecule has 1 aliphatic carbocycles. The van der Waals surface area contributed by atoms with Crippen LogP contribution in [0, 0.1) is 17.6 Å². The molecule has 0 aliphatic heterocycles. The van der Waals surface area contributed by atoms with Crippen LogP contribution < -0.4 is 5.32 Å². The van der Waals surface area contributed by atoms with Gasteiger partial charge in [0.2, 0.25) is 0 Å². The van der Waals surface area contributed by atoms with E-state index in [1.165, 1.54) is 37.8 Å². The second kappa shape index (κ2) is 5.79. The molecule has 1 atom stereocenters. The fourth-order valence-electron chi connectivity index (χ4n) is 2.66. The Bertz CT molecular complexity index is 397. The summed E-state index contributed by atoms with van der Waals surface area (Å²) in [5, 5.41) is 3.51. The number of rotatable bonds is 3.